The summed E-state index contributed by atoms with van der Waals surface area (Å²) in [4.78, 5) is 7.95. The molecule has 0 amide bonds. The summed E-state index contributed by atoms with van der Waals surface area (Å²) in [7, 11) is 1.67. The number of hydrogen-bond donors (Lipinski definition) is 2. The van der Waals surface area contributed by atoms with Crippen LogP contribution in [0.3, 0.4) is 0 Å². The third-order valence-corrected chi connectivity index (χ3v) is 4.23. The van der Waals surface area contributed by atoms with E-state index in [0.29, 0.717) is 6.54 Å². The predicted octanol–water partition coefficient (Wildman–Crippen LogP) is 4.01. The van der Waals surface area contributed by atoms with Crippen molar-refractivity contribution in [2.24, 2.45) is 0 Å². The Hall–Kier alpha value is -2.85. The van der Waals surface area contributed by atoms with Crippen LogP contribution in [0.4, 0.5) is 0 Å². The summed E-state index contributed by atoms with van der Waals surface area (Å²) >= 11 is 0. The van der Waals surface area contributed by atoms with E-state index in [1.807, 2.05) is 18.2 Å². The van der Waals surface area contributed by atoms with E-state index in [0.717, 1.165) is 29.2 Å². The molecule has 4 aromatic rings. The normalized spacial score (nSPS) is 11.2. The largest absolute Gasteiger partial charge is 0.497 e. The van der Waals surface area contributed by atoms with Crippen LogP contribution in [0.2, 0.25) is 0 Å². The summed E-state index contributed by atoms with van der Waals surface area (Å²) in [5, 5.41) is 6.04. The van der Waals surface area contributed by atoms with Crippen LogP contribution in [-0.2, 0) is 13.1 Å². The Morgan fingerprint density at radius 3 is 2.79 bits per heavy atom. The third kappa shape index (κ3) is 2.84. The molecule has 0 spiro atoms. The minimum Gasteiger partial charge on any atom is -0.497 e. The number of fused-ring (bicyclic) bond motifs is 2. The molecule has 0 radical (unpaired) electrons. The van der Waals surface area contributed by atoms with E-state index in [4.69, 9.17) is 4.74 Å². The molecule has 4 nitrogen and oxygen atoms in total. The molecule has 120 valence electrons. The fourth-order valence-electron chi connectivity index (χ4n) is 3.01. The Morgan fingerprint density at radius 1 is 1.00 bits per heavy atom. The van der Waals surface area contributed by atoms with Crippen molar-refractivity contribution in [3.8, 4) is 5.75 Å². The Kier molecular flexibility index (Phi) is 3.89. The van der Waals surface area contributed by atoms with Gasteiger partial charge in [-0.1, -0.05) is 42.5 Å². The Morgan fingerprint density at radius 2 is 1.88 bits per heavy atom. The number of aromatic nitrogens is 2. The number of benzene rings is 3. The standard InChI is InChI=1S/C20H19N3O/c1-24-16-9-10-18-19(11-16)23-20(22-18)13-21-12-15-7-4-6-14-5-2-3-8-17(14)15/h2-11,21H,12-13H2,1H3,(H,22,23). The van der Waals surface area contributed by atoms with Crippen LogP contribution in [0, 0.1) is 0 Å². The lowest BCUT2D eigenvalue weighted by Crippen LogP contribution is -2.13. The van der Waals surface area contributed by atoms with Crippen LogP contribution in [0.25, 0.3) is 21.8 Å². The van der Waals surface area contributed by atoms with Crippen molar-refractivity contribution in [1.29, 1.82) is 0 Å². The molecular weight excluding hydrogens is 298 g/mol. The molecule has 0 aliphatic heterocycles. The highest BCUT2D eigenvalue weighted by Gasteiger charge is 2.05. The Bertz CT molecular complexity index is 985. The minimum atomic E-state index is 0.695. The highest BCUT2D eigenvalue weighted by Crippen LogP contribution is 2.20. The van der Waals surface area contributed by atoms with E-state index in [9.17, 15) is 0 Å². The second-order valence-corrected chi connectivity index (χ2v) is 5.81. The maximum Gasteiger partial charge on any atom is 0.121 e. The number of nitrogens with zero attached hydrogens (tertiary/aromatic N) is 1. The molecule has 0 atom stereocenters. The molecule has 24 heavy (non-hydrogen) atoms. The second-order valence-electron chi connectivity index (χ2n) is 5.81. The first-order valence-electron chi connectivity index (χ1n) is 8.03. The Labute approximate surface area is 140 Å². The maximum atomic E-state index is 5.25. The molecule has 0 aliphatic rings. The molecule has 2 N–H and O–H groups in total. The van der Waals surface area contributed by atoms with Crippen LogP contribution in [0.15, 0.2) is 60.7 Å². The summed E-state index contributed by atoms with van der Waals surface area (Å²) < 4.78 is 5.25. The second kappa shape index (κ2) is 6.34. The molecule has 0 aliphatic carbocycles. The van der Waals surface area contributed by atoms with Crippen molar-refractivity contribution >= 4 is 21.8 Å². The smallest absolute Gasteiger partial charge is 0.121 e. The zero-order valence-corrected chi connectivity index (χ0v) is 13.5. The van der Waals surface area contributed by atoms with Gasteiger partial charge in [0.2, 0.25) is 0 Å². The van der Waals surface area contributed by atoms with Gasteiger partial charge in [-0.25, -0.2) is 4.98 Å². The zero-order chi connectivity index (χ0) is 16.4. The molecule has 3 aromatic carbocycles. The van der Waals surface area contributed by atoms with Crippen molar-refractivity contribution in [3.05, 3.63) is 72.1 Å². The van der Waals surface area contributed by atoms with Crippen LogP contribution in [0.1, 0.15) is 11.4 Å². The summed E-state index contributed by atoms with van der Waals surface area (Å²) in [6, 6.07) is 20.7. The molecule has 0 saturated carbocycles. The minimum absolute atomic E-state index is 0.695. The van der Waals surface area contributed by atoms with Gasteiger partial charge in [0, 0.05) is 12.6 Å². The van der Waals surface area contributed by atoms with Gasteiger partial charge >= 0.3 is 0 Å². The predicted molar refractivity (Wildman–Crippen MR) is 97.1 cm³/mol. The number of nitrogens with one attached hydrogen (secondary N) is 2. The average Bonchev–Trinajstić information content (AvgIpc) is 3.03. The first-order valence-corrected chi connectivity index (χ1v) is 8.03. The van der Waals surface area contributed by atoms with E-state index >= 15 is 0 Å². The molecule has 0 fully saturated rings. The molecule has 0 saturated heterocycles. The van der Waals surface area contributed by atoms with Crippen LogP contribution in [-0.4, -0.2) is 17.1 Å². The van der Waals surface area contributed by atoms with Gasteiger partial charge in [-0.2, -0.15) is 0 Å². The van der Waals surface area contributed by atoms with Gasteiger partial charge in [0.05, 0.1) is 24.7 Å². The van der Waals surface area contributed by atoms with Gasteiger partial charge in [-0.3, -0.25) is 0 Å². The maximum absolute atomic E-state index is 5.25. The average molecular weight is 317 g/mol. The fourth-order valence-corrected chi connectivity index (χ4v) is 3.01. The number of imidazole rings is 1. The molecule has 4 rings (SSSR count). The number of methoxy groups -OCH3 is 1. The fraction of sp³-hybridized carbons (Fsp3) is 0.150. The van der Waals surface area contributed by atoms with Crippen molar-refractivity contribution in [1.82, 2.24) is 15.3 Å². The lowest BCUT2D eigenvalue weighted by atomic mass is 10.0. The van der Waals surface area contributed by atoms with Crippen molar-refractivity contribution in [2.45, 2.75) is 13.1 Å². The molecular formula is C20H19N3O. The third-order valence-electron chi connectivity index (χ3n) is 4.23. The van der Waals surface area contributed by atoms with E-state index in [1.54, 1.807) is 7.11 Å². The Balaban J connectivity index is 1.49. The van der Waals surface area contributed by atoms with Gasteiger partial charge in [0.15, 0.2) is 0 Å². The summed E-state index contributed by atoms with van der Waals surface area (Å²) in [6.45, 7) is 1.50. The van der Waals surface area contributed by atoms with Gasteiger partial charge in [-0.05, 0) is 28.5 Å². The lowest BCUT2D eigenvalue weighted by molar-refractivity contribution is 0.415. The molecule has 1 heterocycles. The molecule has 0 unspecified atom stereocenters. The van der Waals surface area contributed by atoms with E-state index < -0.39 is 0 Å². The van der Waals surface area contributed by atoms with Crippen LogP contribution < -0.4 is 10.1 Å². The van der Waals surface area contributed by atoms with Crippen molar-refractivity contribution in [3.63, 3.8) is 0 Å². The number of ether oxygens (including phenoxy) is 1. The quantitative estimate of drug-likeness (QED) is 0.584. The first kappa shape index (κ1) is 14.7. The highest BCUT2D eigenvalue weighted by atomic mass is 16.5. The molecule has 1 aromatic heterocycles. The van der Waals surface area contributed by atoms with Crippen molar-refractivity contribution in [2.75, 3.05) is 7.11 Å². The molecule has 4 heteroatoms. The number of rotatable bonds is 5. The monoisotopic (exact) mass is 317 g/mol. The SMILES string of the molecule is COc1ccc2nc(CNCc3cccc4ccccc34)[nH]c2c1. The lowest BCUT2D eigenvalue weighted by Gasteiger charge is -2.07. The molecule has 0 bridgehead atoms. The van der Waals surface area contributed by atoms with Gasteiger partial charge in [0.1, 0.15) is 11.6 Å². The number of aromatic amines is 1. The van der Waals surface area contributed by atoms with E-state index in [-0.39, 0.29) is 0 Å². The van der Waals surface area contributed by atoms with Gasteiger partial charge in [0.25, 0.3) is 0 Å². The first-order chi connectivity index (χ1) is 11.8. The van der Waals surface area contributed by atoms with Crippen molar-refractivity contribution < 1.29 is 4.74 Å². The topological polar surface area (TPSA) is 49.9 Å². The summed E-state index contributed by atoms with van der Waals surface area (Å²) in [6.07, 6.45) is 0. The summed E-state index contributed by atoms with van der Waals surface area (Å²) in [5.41, 5.74) is 3.25. The highest BCUT2D eigenvalue weighted by molar-refractivity contribution is 5.85. The van der Waals surface area contributed by atoms with Crippen LogP contribution in [0.5, 0.6) is 5.75 Å². The van der Waals surface area contributed by atoms with Crippen LogP contribution >= 0.6 is 0 Å². The number of H-pyrrole nitrogens is 1. The zero-order valence-electron chi connectivity index (χ0n) is 13.5. The van der Waals surface area contributed by atoms with E-state index in [1.165, 1.54) is 16.3 Å². The van der Waals surface area contributed by atoms with Gasteiger partial charge in [-0.15, -0.1) is 0 Å². The number of hydrogen-bond acceptors (Lipinski definition) is 3. The van der Waals surface area contributed by atoms with E-state index in [2.05, 4.69) is 57.7 Å². The van der Waals surface area contributed by atoms with Gasteiger partial charge < -0.3 is 15.0 Å². The summed E-state index contributed by atoms with van der Waals surface area (Å²) in [5.74, 6) is 1.76.